The summed E-state index contributed by atoms with van der Waals surface area (Å²) in [6, 6.07) is 7.99. The van der Waals surface area contributed by atoms with Crippen molar-refractivity contribution in [3.8, 4) is 17.6 Å². The molecule has 2 saturated heterocycles. The highest BCUT2D eigenvalue weighted by atomic mass is 16.7. The van der Waals surface area contributed by atoms with Crippen molar-refractivity contribution in [3.05, 3.63) is 23.8 Å². The maximum atomic E-state index is 12.7. The molecule has 8 nitrogen and oxygen atoms in total. The number of fused-ring (bicyclic) bond motifs is 2. The molecule has 0 bridgehead atoms. The molecule has 0 aliphatic carbocycles. The van der Waals surface area contributed by atoms with Crippen LogP contribution in [0.2, 0.25) is 0 Å². The average Bonchev–Trinajstić information content (AvgIpc) is 3.37. The minimum Gasteiger partial charge on any atom is -0.454 e. The number of hydrogen-bond donors (Lipinski definition) is 0. The van der Waals surface area contributed by atoms with Gasteiger partial charge in [0.1, 0.15) is 29.8 Å². The highest BCUT2D eigenvalue weighted by Crippen LogP contribution is 2.35. The SMILES string of the molecule is N#Cc1cc2cc3c(cc2[nH+]c1N1CCCN(C(=O)[C@@H]2CCCO2)CC1)OCO3. The number of anilines is 1. The van der Waals surface area contributed by atoms with E-state index in [1.54, 1.807) is 0 Å². The van der Waals surface area contributed by atoms with Crippen molar-refractivity contribution in [2.24, 2.45) is 0 Å². The number of carbonyl (C=O) groups excluding carboxylic acids is 1. The second-order valence-electron chi connectivity index (χ2n) is 7.60. The third kappa shape index (κ3) is 3.32. The van der Waals surface area contributed by atoms with Gasteiger partial charge in [-0.2, -0.15) is 5.26 Å². The first-order valence-corrected chi connectivity index (χ1v) is 10.1. The number of aromatic amines is 1. The zero-order valence-electron chi connectivity index (χ0n) is 16.1. The molecule has 1 aromatic carbocycles. The van der Waals surface area contributed by atoms with Gasteiger partial charge in [-0.1, -0.05) is 0 Å². The second kappa shape index (κ2) is 7.41. The lowest BCUT2D eigenvalue weighted by Gasteiger charge is -2.22. The summed E-state index contributed by atoms with van der Waals surface area (Å²) in [7, 11) is 0. The van der Waals surface area contributed by atoms with Crippen LogP contribution < -0.4 is 19.4 Å². The number of carbonyl (C=O) groups is 1. The molecule has 4 heterocycles. The summed E-state index contributed by atoms with van der Waals surface area (Å²) in [5, 5.41) is 10.6. The monoisotopic (exact) mass is 395 g/mol. The van der Waals surface area contributed by atoms with E-state index in [1.807, 2.05) is 23.1 Å². The number of benzene rings is 1. The lowest BCUT2D eigenvalue weighted by Crippen LogP contribution is -2.41. The minimum atomic E-state index is -0.284. The molecule has 8 heteroatoms. The lowest BCUT2D eigenvalue weighted by atomic mass is 10.1. The fourth-order valence-corrected chi connectivity index (χ4v) is 4.28. The fraction of sp³-hybridized carbons (Fsp3) is 0.476. The summed E-state index contributed by atoms with van der Waals surface area (Å²) in [5.74, 6) is 2.28. The van der Waals surface area contributed by atoms with Crippen LogP contribution in [0.3, 0.4) is 0 Å². The van der Waals surface area contributed by atoms with Crippen molar-refractivity contribution >= 4 is 22.6 Å². The molecule has 2 fully saturated rings. The molecule has 0 saturated carbocycles. The molecule has 0 radical (unpaired) electrons. The third-order valence-corrected chi connectivity index (χ3v) is 5.80. The van der Waals surface area contributed by atoms with Gasteiger partial charge < -0.3 is 19.1 Å². The van der Waals surface area contributed by atoms with E-state index in [0.29, 0.717) is 43.3 Å². The summed E-state index contributed by atoms with van der Waals surface area (Å²) < 4.78 is 16.5. The summed E-state index contributed by atoms with van der Waals surface area (Å²) in [5.41, 5.74) is 1.47. The van der Waals surface area contributed by atoms with Crippen LogP contribution in [0.25, 0.3) is 10.9 Å². The molecule has 0 spiro atoms. The molecule has 29 heavy (non-hydrogen) atoms. The lowest BCUT2D eigenvalue weighted by molar-refractivity contribution is -0.330. The topological polar surface area (TPSA) is 89.2 Å². The van der Waals surface area contributed by atoms with Gasteiger partial charge in [-0.25, -0.2) is 4.98 Å². The van der Waals surface area contributed by atoms with Crippen molar-refractivity contribution in [3.63, 3.8) is 0 Å². The van der Waals surface area contributed by atoms with Gasteiger partial charge in [0.2, 0.25) is 6.79 Å². The van der Waals surface area contributed by atoms with Gasteiger partial charge in [0.05, 0.1) is 13.1 Å². The van der Waals surface area contributed by atoms with Crippen molar-refractivity contribution < 1.29 is 24.0 Å². The normalized spacial score (nSPS) is 21.3. The molecule has 1 amide bonds. The number of pyridine rings is 1. The van der Waals surface area contributed by atoms with Crippen LogP contribution in [0, 0.1) is 11.3 Å². The van der Waals surface area contributed by atoms with E-state index in [-0.39, 0.29) is 18.8 Å². The highest BCUT2D eigenvalue weighted by Gasteiger charge is 2.32. The Balaban J connectivity index is 1.40. The fourth-order valence-electron chi connectivity index (χ4n) is 4.28. The van der Waals surface area contributed by atoms with Gasteiger partial charge in [-0.15, -0.1) is 0 Å². The van der Waals surface area contributed by atoms with Crippen molar-refractivity contribution in [2.45, 2.75) is 25.4 Å². The first kappa shape index (κ1) is 18.0. The summed E-state index contributed by atoms with van der Waals surface area (Å²) in [4.78, 5) is 20.2. The van der Waals surface area contributed by atoms with Gasteiger partial charge in [-0.05, 0) is 25.0 Å². The molecule has 1 aromatic heterocycles. The number of nitrogens with zero attached hydrogens (tertiary/aromatic N) is 3. The Bertz CT molecular complexity index is 996. The first-order valence-electron chi connectivity index (χ1n) is 10.1. The Kier molecular flexibility index (Phi) is 4.60. The van der Waals surface area contributed by atoms with Gasteiger partial charge in [0.15, 0.2) is 11.5 Å². The van der Waals surface area contributed by atoms with Crippen LogP contribution in [-0.4, -0.2) is 56.5 Å². The molecule has 1 N–H and O–H groups in total. The Morgan fingerprint density at radius 2 is 1.97 bits per heavy atom. The van der Waals surface area contributed by atoms with Crippen LogP contribution in [-0.2, 0) is 9.53 Å². The standard InChI is InChI=1S/C21H22N4O4/c22-12-15-9-14-10-18-19(29-13-28-18)11-16(14)23-20(15)24-4-2-5-25(7-6-24)21(26)17-3-1-8-27-17/h9-11,17H,1-8,13H2/p+1/t17-/m0/s1. The maximum absolute atomic E-state index is 12.7. The minimum absolute atomic E-state index is 0.0973. The van der Waals surface area contributed by atoms with Gasteiger partial charge in [0, 0.05) is 31.0 Å². The van der Waals surface area contributed by atoms with Crippen LogP contribution >= 0.6 is 0 Å². The van der Waals surface area contributed by atoms with Crippen LogP contribution in [0.1, 0.15) is 24.8 Å². The maximum Gasteiger partial charge on any atom is 0.293 e. The van der Waals surface area contributed by atoms with E-state index < -0.39 is 0 Å². The zero-order valence-corrected chi connectivity index (χ0v) is 16.1. The Labute approximate surface area is 168 Å². The molecular formula is C21H23N4O4+. The van der Waals surface area contributed by atoms with E-state index >= 15 is 0 Å². The van der Waals surface area contributed by atoms with E-state index in [2.05, 4.69) is 16.0 Å². The predicted molar refractivity (Wildman–Crippen MR) is 104 cm³/mol. The number of ether oxygens (including phenoxy) is 3. The predicted octanol–water partition coefficient (Wildman–Crippen LogP) is 1.47. The van der Waals surface area contributed by atoms with Crippen LogP contribution in [0.15, 0.2) is 18.2 Å². The number of aromatic nitrogens is 1. The molecule has 5 rings (SSSR count). The smallest absolute Gasteiger partial charge is 0.293 e. The quantitative estimate of drug-likeness (QED) is 0.765. The Hall–Kier alpha value is -3.05. The van der Waals surface area contributed by atoms with Gasteiger partial charge in [0.25, 0.3) is 11.7 Å². The van der Waals surface area contributed by atoms with Crippen LogP contribution in [0.4, 0.5) is 5.82 Å². The summed E-state index contributed by atoms with van der Waals surface area (Å²) in [6.07, 6.45) is 2.32. The van der Waals surface area contributed by atoms with Crippen LogP contribution in [0.5, 0.6) is 11.5 Å². The summed E-state index contributed by atoms with van der Waals surface area (Å²) in [6.45, 7) is 3.66. The molecule has 2 aromatic rings. The molecule has 0 unspecified atom stereocenters. The Morgan fingerprint density at radius 3 is 2.76 bits per heavy atom. The molecular weight excluding hydrogens is 372 g/mol. The first-order chi connectivity index (χ1) is 14.2. The number of H-pyrrole nitrogens is 1. The van der Waals surface area contributed by atoms with Crippen molar-refractivity contribution in [1.82, 2.24) is 4.90 Å². The van der Waals surface area contributed by atoms with Gasteiger partial charge >= 0.3 is 0 Å². The largest absolute Gasteiger partial charge is 0.454 e. The van der Waals surface area contributed by atoms with E-state index in [0.717, 1.165) is 42.5 Å². The van der Waals surface area contributed by atoms with Crippen molar-refractivity contribution in [1.29, 1.82) is 5.26 Å². The molecule has 3 aliphatic heterocycles. The van der Waals surface area contributed by atoms with Crippen molar-refractivity contribution in [2.75, 3.05) is 44.5 Å². The van der Waals surface area contributed by atoms with E-state index in [9.17, 15) is 10.1 Å². The number of nitrogens with one attached hydrogen (secondary N) is 1. The van der Waals surface area contributed by atoms with E-state index in [4.69, 9.17) is 14.2 Å². The molecule has 1 atom stereocenters. The summed E-state index contributed by atoms with van der Waals surface area (Å²) >= 11 is 0. The zero-order chi connectivity index (χ0) is 19.8. The second-order valence-corrected chi connectivity index (χ2v) is 7.60. The number of amides is 1. The third-order valence-electron chi connectivity index (χ3n) is 5.80. The van der Waals surface area contributed by atoms with E-state index in [1.165, 1.54) is 0 Å². The number of rotatable bonds is 2. The average molecular weight is 395 g/mol. The molecule has 3 aliphatic rings. The van der Waals surface area contributed by atoms with Gasteiger partial charge in [-0.3, -0.25) is 9.69 Å². The number of hydrogen-bond acceptors (Lipinski definition) is 6. The number of nitriles is 1. The Morgan fingerprint density at radius 1 is 1.10 bits per heavy atom. The highest BCUT2D eigenvalue weighted by molar-refractivity contribution is 5.83. The molecule has 150 valence electrons.